The lowest BCUT2D eigenvalue weighted by atomic mass is 10.0. The summed E-state index contributed by atoms with van der Waals surface area (Å²) in [6, 6.07) is 5.45. The summed E-state index contributed by atoms with van der Waals surface area (Å²) in [5, 5.41) is 19.5. The van der Waals surface area contributed by atoms with E-state index in [4.69, 9.17) is 5.11 Å². The first kappa shape index (κ1) is 14.6. The highest BCUT2D eigenvalue weighted by atomic mass is 16.4. The maximum Gasteiger partial charge on any atom is 0.337 e. The van der Waals surface area contributed by atoms with Crippen LogP contribution in [0.25, 0.3) is 10.9 Å². The Hall–Kier alpha value is -1.81. The zero-order chi connectivity index (χ0) is 14.7. The molecular weight excluding hydrogens is 254 g/mol. The van der Waals surface area contributed by atoms with Crippen LogP contribution in [0.2, 0.25) is 0 Å². The van der Waals surface area contributed by atoms with Crippen LogP contribution in [0.5, 0.6) is 0 Å². The first-order chi connectivity index (χ1) is 9.61. The van der Waals surface area contributed by atoms with Gasteiger partial charge in [0.15, 0.2) is 0 Å². The fourth-order valence-electron chi connectivity index (χ4n) is 2.85. The van der Waals surface area contributed by atoms with Crippen LogP contribution in [0.1, 0.15) is 41.4 Å². The van der Waals surface area contributed by atoms with Gasteiger partial charge in [0.25, 0.3) is 0 Å². The van der Waals surface area contributed by atoms with Crippen molar-refractivity contribution in [1.29, 1.82) is 0 Å². The van der Waals surface area contributed by atoms with Crippen LogP contribution in [-0.2, 0) is 13.0 Å². The van der Waals surface area contributed by atoms with Gasteiger partial charge in [-0.25, -0.2) is 4.79 Å². The number of hydrogen-bond donors (Lipinski definition) is 2. The Labute approximate surface area is 118 Å². The van der Waals surface area contributed by atoms with Crippen molar-refractivity contribution in [2.45, 2.75) is 39.7 Å². The highest BCUT2D eigenvalue weighted by Crippen LogP contribution is 2.30. The number of carbonyl (C=O) groups is 1. The van der Waals surface area contributed by atoms with E-state index >= 15 is 0 Å². The Morgan fingerprint density at radius 2 is 2.10 bits per heavy atom. The van der Waals surface area contributed by atoms with Crippen LogP contribution in [0.4, 0.5) is 0 Å². The summed E-state index contributed by atoms with van der Waals surface area (Å²) >= 11 is 0. The average Bonchev–Trinajstić information content (AvgIpc) is 2.70. The van der Waals surface area contributed by atoms with Crippen molar-refractivity contribution in [1.82, 2.24) is 4.57 Å². The molecule has 1 aromatic heterocycles. The molecule has 0 spiro atoms. The van der Waals surface area contributed by atoms with E-state index in [-0.39, 0.29) is 6.61 Å². The molecule has 0 aliphatic rings. The van der Waals surface area contributed by atoms with Crippen LogP contribution < -0.4 is 0 Å². The summed E-state index contributed by atoms with van der Waals surface area (Å²) in [6.45, 7) is 4.91. The Kier molecular flexibility index (Phi) is 4.45. The molecule has 0 aliphatic carbocycles. The van der Waals surface area contributed by atoms with E-state index in [1.807, 2.05) is 17.6 Å². The van der Waals surface area contributed by atoms with Gasteiger partial charge in [-0.2, -0.15) is 0 Å². The Morgan fingerprint density at radius 3 is 2.70 bits per heavy atom. The lowest BCUT2D eigenvalue weighted by molar-refractivity contribution is 0.0698. The van der Waals surface area contributed by atoms with E-state index < -0.39 is 5.97 Å². The number of rotatable bonds is 6. The molecule has 0 fully saturated rings. The topological polar surface area (TPSA) is 62.5 Å². The summed E-state index contributed by atoms with van der Waals surface area (Å²) < 4.78 is 2.04. The summed E-state index contributed by atoms with van der Waals surface area (Å²) in [6.07, 6.45) is 2.60. The molecule has 0 saturated heterocycles. The largest absolute Gasteiger partial charge is 0.478 e. The number of benzene rings is 1. The predicted octanol–water partition coefficient (Wildman–Crippen LogP) is 2.98. The summed E-state index contributed by atoms with van der Waals surface area (Å²) in [5.74, 6) is -0.901. The minimum atomic E-state index is -0.901. The number of carboxylic acid groups (broad SMARTS) is 1. The molecule has 4 heteroatoms. The lowest BCUT2D eigenvalue weighted by Crippen LogP contribution is -2.06. The maximum absolute atomic E-state index is 11.5. The monoisotopic (exact) mass is 275 g/mol. The second-order valence-corrected chi connectivity index (χ2v) is 5.05. The third-order valence-electron chi connectivity index (χ3n) is 3.74. The Bertz CT molecular complexity index is 628. The molecule has 0 saturated carbocycles. The van der Waals surface area contributed by atoms with E-state index in [2.05, 4.69) is 6.92 Å². The predicted molar refractivity (Wildman–Crippen MR) is 79.3 cm³/mol. The van der Waals surface area contributed by atoms with Crippen LogP contribution in [-0.4, -0.2) is 27.4 Å². The van der Waals surface area contributed by atoms with Crippen LogP contribution in [0.15, 0.2) is 18.2 Å². The zero-order valence-electron chi connectivity index (χ0n) is 12.0. The molecule has 0 unspecified atom stereocenters. The number of aliphatic hydroxyl groups excluding tert-OH is 1. The van der Waals surface area contributed by atoms with Gasteiger partial charge in [-0.15, -0.1) is 0 Å². The molecule has 0 atom stereocenters. The maximum atomic E-state index is 11.5. The second-order valence-electron chi connectivity index (χ2n) is 5.05. The van der Waals surface area contributed by atoms with Gasteiger partial charge in [-0.05, 0) is 31.4 Å². The Balaban J connectivity index is 2.73. The number of para-hydroxylation sites is 1. The average molecular weight is 275 g/mol. The van der Waals surface area contributed by atoms with Crippen molar-refractivity contribution in [2.24, 2.45) is 0 Å². The van der Waals surface area contributed by atoms with E-state index in [1.165, 1.54) is 5.56 Å². The molecule has 2 rings (SSSR count). The number of fused-ring (bicyclic) bond motifs is 1. The summed E-state index contributed by atoms with van der Waals surface area (Å²) in [5.41, 5.74) is 3.47. The second kappa shape index (κ2) is 6.09. The van der Waals surface area contributed by atoms with Gasteiger partial charge in [0.2, 0.25) is 0 Å². The normalized spacial score (nSPS) is 11.2. The Morgan fingerprint density at radius 1 is 1.35 bits per heavy atom. The van der Waals surface area contributed by atoms with Crippen molar-refractivity contribution < 1.29 is 15.0 Å². The van der Waals surface area contributed by atoms with Gasteiger partial charge in [0.05, 0.1) is 11.1 Å². The molecule has 108 valence electrons. The van der Waals surface area contributed by atoms with Crippen molar-refractivity contribution >= 4 is 16.9 Å². The highest BCUT2D eigenvalue weighted by Gasteiger charge is 2.18. The SMILES string of the molecule is CCCc1c(C)n(CCCO)c2c(C(=O)O)cccc12. The van der Waals surface area contributed by atoms with E-state index in [9.17, 15) is 9.90 Å². The zero-order valence-corrected chi connectivity index (χ0v) is 12.0. The molecular formula is C16H21NO3. The molecule has 1 aromatic carbocycles. The molecule has 0 radical (unpaired) electrons. The fourth-order valence-corrected chi connectivity index (χ4v) is 2.85. The standard InChI is InChI=1S/C16H21NO3/c1-3-6-12-11(2)17(9-5-10-18)15-13(12)7-4-8-14(15)16(19)20/h4,7-8,18H,3,5-6,9-10H2,1-2H3,(H,19,20). The number of aromatic carboxylic acids is 1. The lowest BCUT2D eigenvalue weighted by Gasteiger charge is -2.09. The van der Waals surface area contributed by atoms with Gasteiger partial charge in [0.1, 0.15) is 0 Å². The van der Waals surface area contributed by atoms with Gasteiger partial charge < -0.3 is 14.8 Å². The first-order valence-corrected chi connectivity index (χ1v) is 7.06. The number of aliphatic hydroxyl groups is 1. The molecule has 0 amide bonds. The smallest absolute Gasteiger partial charge is 0.337 e. The van der Waals surface area contributed by atoms with E-state index in [0.717, 1.165) is 29.4 Å². The number of aryl methyl sites for hydroxylation is 2. The van der Waals surface area contributed by atoms with Gasteiger partial charge in [-0.3, -0.25) is 0 Å². The van der Waals surface area contributed by atoms with Crippen molar-refractivity contribution in [3.63, 3.8) is 0 Å². The van der Waals surface area contributed by atoms with Crippen molar-refractivity contribution in [2.75, 3.05) is 6.61 Å². The van der Waals surface area contributed by atoms with E-state index in [1.54, 1.807) is 12.1 Å². The van der Waals surface area contributed by atoms with Crippen LogP contribution >= 0.6 is 0 Å². The minimum Gasteiger partial charge on any atom is -0.478 e. The van der Waals surface area contributed by atoms with E-state index in [0.29, 0.717) is 18.5 Å². The molecule has 0 aliphatic heterocycles. The molecule has 1 heterocycles. The first-order valence-electron chi connectivity index (χ1n) is 7.06. The summed E-state index contributed by atoms with van der Waals surface area (Å²) in [7, 11) is 0. The molecule has 4 nitrogen and oxygen atoms in total. The molecule has 0 bridgehead atoms. The van der Waals surface area contributed by atoms with Crippen molar-refractivity contribution in [3.05, 3.63) is 35.0 Å². The van der Waals surface area contributed by atoms with Crippen molar-refractivity contribution in [3.8, 4) is 0 Å². The number of aromatic nitrogens is 1. The van der Waals surface area contributed by atoms with Gasteiger partial charge in [0, 0.05) is 24.2 Å². The third-order valence-corrected chi connectivity index (χ3v) is 3.74. The van der Waals surface area contributed by atoms with Crippen LogP contribution in [0.3, 0.4) is 0 Å². The number of hydrogen-bond acceptors (Lipinski definition) is 2. The highest BCUT2D eigenvalue weighted by molar-refractivity contribution is 6.03. The molecule has 20 heavy (non-hydrogen) atoms. The van der Waals surface area contributed by atoms with Gasteiger partial charge in [-0.1, -0.05) is 25.5 Å². The van der Waals surface area contributed by atoms with Crippen LogP contribution in [0, 0.1) is 6.92 Å². The summed E-state index contributed by atoms with van der Waals surface area (Å²) in [4.78, 5) is 11.5. The molecule has 2 N–H and O–H groups in total. The third kappa shape index (κ3) is 2.43. The molecule has 2 aromatic rings. The fraction of sp³-hybridized carbons (Fsp3) is 0.438. The van der Waals surface area contributed by atoms with Gasteiger partial charge >= 0.3 is 5.97 Å². The number of carboxylic acids is 1. The number of nitrogens with zero attached hydrogens (tertiary/aromatic N) is 1. The quantitative estimate of drug-likeness (QED) is 0.852. The minimum absolute atomic E-state index is 0.109.